The van der Waals surface area contributed by atoms with Gasteiger partial charge in [-0.05, 0) is 67.2 Å². The number of alkyl halides is 6. The Morgan fingerprint density at radius 3 is 2.22 bits per heavy atom. The molecule has 0 saturated carbocycles. The second-order valence-electron chi connectivity index (χ2n) is 9.05. The maximum Gasteiger partial charge on any atom is 0.416 e. The van der Waals surface area contributed by atoms with Crippen molar-refractivity contribution < 1.29 is 40.6 Å². The molecule has 0 aromatic heterocycles. The summed E-state index contributed by atoms with van der Waals surface area (Å²) >= 11 is 0. The van der Waals surface area contributed by atoms with E-state index in [0.717, 1.165) is 12.1 Å². The number of nitrogens with zero attached hydrogens (tertiary/aromatic N) is 1. The maximum atomic E-state index is 15.0. The molecule has 0 radical (unpaired) electrons. The van der Waals surface area contributed by atoms with Crippen LogP contribution in [0.15, 0.2) is 54.6 Å². The number of carbonyl (C=O) groups is 1. The molecule has 198 valence electrons. The quantitative estimate of drug-likeness (QED) is 0.325. The molecule has 1 heterocycles. The van der Waals surface area contributed by atoms with Crippen molar-refractivity contribution in [2.45, 2.75) is 50.6 Å². The minimum Gasteiger partial charge on any atom is -0.481 e. The Kier molecular flexibility index (Phi) is 8.38. The molecule has 0 aliphatic carbocycles. The summed E-state index contributed by atoms with van der Waals surface area (Å²) in [6.07, 6.45) is -8.99. The zero-order valence-corrected chi connectivity index (χ0v) is 19.8. The summed E-state index contributed by atoms with van der Waals surface area (Å²) in [5.74, 6) is 3.17. The molecule has 0 spiro atoms. The molecule has 3 rings (SSSR count). The molecule has 1 aliphatic heterocycles. The van der Waals surface area contributed by atoms with E-state index < -0.39 is 47.3 Å². The summed E-state index contributed by atoms with van der Waals surface area (Å²) in [6, 6.07) is 4.34. The normalized spacial score (nSPS) is 19.6. The summed E-state index contributed by atoms with van der Waals surface area (Å²) in [4.78, 5) is 12.9. The van der Waals surface area contributed by atoms with Crippen LogP contribution in [0.25, 0.3) is 0 Å². The van der Waals surface area contributed by atoms with E-state index >= 15 is 0 Å². The van der Waals surface area contributed by atoms with Gasteiger partial charge in [0.25, 0.3) is 0 Å². The average Bonchev–Trinajstić information content (AvgIpc) is 2.79. The van der Waals surface area contributed by atoms with E-state index in [2.05, 4.69) is 18.4 Å². The summed E-state index contributed by atoms with van der Waals surface area (Å²) < 4.78 is 94.6. The van der Waals surface area contributed by atoms with Crippen LogP contribution in [-0.2, 0) is 17.1 Å². The Balaban J connectivity index is 2.13. The summed E-state index contributed by atoms with van der Waals surface area (Å²) in [5.41, 5.74) is -1.53. The lowest BCUT2D eigenvalue weighted by Crippen LogP contribution is -2.40. The number of hydrogen-bond acceptors (Lipinski definition) is 2. The minimum atomic E-state index is -4.74. The number of hydrogen-bond donors (Lipinski definition) is 1. The first kappa shape index (κ1) is 28.3. The van der Waals surface area contributed by atoms with Crippen LogP contribution in [0.3, 0.4) is 0 Å². The third-order valence-corrected chi connectivity index (χ3v) is 6.21. The predicted molar refractivity (Wildman–Crippen MR) is 123 cm³/mol. The van der Waals surface area contributed by atoms with Crippen molar-refractivity contribution in [2.75, 3.05) is 6.54 Å². The van der Waals surface area contributed by atoms with Gasteiger partial charge >= 0.3 is 18.3 Å². The van der Waals surface area contributed by atoms with Gasteiger partial charge in [0.15, 0.2) is 0 Å². The highest BCUT2D eigenvalue weighted by Gasteiger charge is 2.38. The molecule has 3 atom stereocenters. The lowest BCUT2D eigenvalue weighted by Gasteiger charge is -2.42. The van der Waals surface area contributed by atoms with Crippen LogP contribution in [-0.4, -0.2) is 22.5 Å². The Hall–Kier alpha value is -3.32. The number of carboxylic acids is 1. The van der Waals surface area contributed by atoms with Crippen LogP contribution in [0.1, 0.15) is 60.5 Å². The van der Waals surface area contributed by atoms with Gasteiger partial charge in [-0.1, -0.05) is 30.6 Å². The molecule has 0 amide bonds. The zero-order valence-electron chi connectivity index (χ0n) is 19.8. The van der Waals surface area contributed by atoms with E-state index in [1.54, 1.807) is 11.8 Å². The SMILES string of the molecule is C=C(C)C#C[C@@H](c1cc(C(F)(F)F)ccc1F)N1CC[C@H](CC(=O)O)C[C@@H]1c1ccc(C(F)(F)F)cc1. The number of rotatable bonds is 5. The minimum absolute atomic E-state index is 0.134. The van der Waals surface area contributed by atoms with E-state index in [1.165, 1.54) is 12.1 Å². The number of allylic oxidation sites excluding steroid dienone is 1. The van der Waals surface area contributed by atoms with Crippen molar-refractivity contribution in [2.24, 2.45) is 5.92 Å². The first-order chi connectivity index (χ1) is 17.2. The van der Waals surface area contributed by atoms with Gasteiger partial charge in [-0.3, -0.25) is 9.69 Å². The van der Waals surface area contributed by atoms with Crippen molar-refractivity contribution in [3.8, 4) is 11.8 Å². The van der Waals surface area contributed by atoms with E-state index in [4.69, 9.17) is 0 Å². The number of carboxylic acid groups (broad SMARTS) is 1. The Labute approximate surface area is 209 Å². The van der Waals surface area contributed by atoms with Crippen molar-refractivity contribution >= 4 is 5.97 Å². The number of piperidine rings is 1. The van der Waals surface area contributed by atoms with Gasteiger partial charge in [0.05, 0.1) is 11.1 Å². The molecule has 1 saturated heterocycles. The van der Waals surface area contributed by atoms with Gasteiger partial charge in [-0.25, -0.2) is 4.39 Å². The molecule has 37 heavy (non-hydrogen) atoms. The Morgan fingerprint density at radius 1 is 1.08 bits per heavy atom. The summed E-state index contributed by atoms with van der Waals surface area (Å²) in [7, 11) is 0. The van der Waals surface area contributed by atoms with E-state index in [9.17, 15) is 40.6 Å². The first-order valence-electron chi connectivity index (χ1n) is 11.3. The number of halogens is 7. The number of aliphatic carboxylic acids is 1. The Bertz CT molecular complexity index is 1210. The van der Waals surface area contributed by atoms with Crippen LogP contribution in [0.2, 0.25) is 0 Å². The highest BCUT2D eigenvalue weighted by Crippen LogP contribution is 2.43. The van der Waals surface area contributed by atoms with Crippen molar-refractivity contribution in [1.29, 1.82) is 0 Å². The van der Waals surface area contributed by atoms with E-state index in [0.29, 0.717) is 35.8 Å². The second-order valence-corrected chi connectivity index (χ2v) is 9.05. The third kappa shape index (κ3) is 7.13. The molecule has 1 fully saturated rings. The lowest BCUT2D eigenvalue weighted by atomic mass is 9.83. The Morgan fingerprint density at radius 2 is 1.68 bits per heavy atom. The smallest absolute Gasteiger partial charge is 0.416 e. The van der Waals surface area contributed by atoms with Gasteiger partial charge in [-0.15, -0.1) is 0 Å². The summed E-state index contributed by atoms with van der Waals surface area (Å²) in [5, 5.41) is 9.26. The van der Waals surface area contributed by atoms with Crippen LogP contribution >= 0.6 is 0 Å². The molecule has 1 N–H and O–H groups in total. The molecular weight excluding hydrogens is 503 g/mol. The van der Waals surface area contributed by atoms with Gasteiger partial charge in [-0.2, -0.15) is 26.3 Å². The number of likely N-dealkylation sites (tertiary alicyclic amines) is 1. The molecule has 10 heteroatoms. The monoisotopic (exact) mass is 527 g/mol. The fourth-order valence-corrected chi connectivity index (χ4v) is 4.48. The van der Waals surface area contributed by atoms with Gasteiger partial charge in [0.1, 0.15) is 11.9 Å². The topological polar surface area (TPSA) is 40.5 Å². The molecule has 2 aromatic carbocycles. The summed E-state index contributed by atoms with van der Waals surface area (Å²) in [6.45, 7) is 5.36. The highest BCUT2D eigenvalue weighted by atomic mass is 19.4. The number of benzene rings is 2. The van der Waals surface area contributed by atoms with Crippen LogP contribution in [0.5, 0.6) is 0 Å². The average molecular weight is 527 g/mol. The molecule has 2 aromatic rings. The van der Waals surface area contributed by atoms with E-state index in [1.807, 2.05) is 0 Å². The predicted octanol–water partition coefficient (Wildman–Crippen LogP) is 7.41. The molecule has 3 nitrogen and oxygen atoms in total. The third-order valence-electron chi connectivity index (χ3n) is 6.21. The molecule has 1 aliphatic rings. The van der Waals surface area contributed by atoms with Crippen LogP contribution in [0, 0.1) is 23.6 Å². The molecular formula is C27H24F7NO2. The van der Waals surface area contributed by atoms with Gasteiger partial charge in [0, 0.05) is 24.6 Å². The van der Waals surface area contributed by atoms with Crippen LogP contribution in [0.4, 0.5) is 30.7 Å². The first-order valence-corrected chi connectivity index (χ1v) is 11.3. The standard InChI is InChI=1S/C27H24F7NO2/c1-16(2)3-10-23(21-15-20(27(32,33)34)8-9-22(21)28)35-12-11-17(14-25(36)37)13-24(35)18-4-6-19(7-5-18)26(29,30)31/h4-9,15,17,23-24H,1,11-14H2,2H3,(H,36,37)/t17-,23-,24+/m0/s1. The van der Waals surface area contributed by atoms with Gasteiger partial charge < -0.3 is 5.11 Å². The maximum absolute atomic E-state index is 15.0. The van der Waals surface area contributed by atoms with Crippen LogP contribution < -0.4 is 0 Å². The second kappa shape index (κ2) is 11.0. The fraction of sp³-hybridized carbons (Fsp3) is 0.370. The fourth-order valence-electron chi connectivity index (χ4n) is 4.48. The van der Waals surface area contributed by atoms with Crippen molar-refractivity contribution in [1.82, 2.24) is 4.90 Å². The largest absolute Gasteiger partial charge is 0.481 e. The van der Waals surface area contributed by atoms with Gasteiger partial charge in [0.2, 0.25) is 0 Å². The van der Waals surface area contributed by atoms with Crippen molar-refractivity contribution in [3.05, 3.63) is 82.7 Å². The van der Waals surface area contributed by atoms with Crippen molar-refractivity contribution in [3.63, 3.8) is 0 Å². The zero-order chi connectivity index (χ0) is 27.5. The molecule has 0 bridgehead atoms. The van der Waals surface area contributed by atoms with E-state index in [-0.39, 0.29) is 30.9 Å². The highest BCUT2D eigenvalue weighted by molar-refractivity contribution is 5.67. The lowest BCUT2D eigenvalue weighted by molar-refractivity contribution is -0.139. The molecule has 0 unspecified atom stereocenters.